The first-order valence-corrected chi connectivity index (χ1v) is 10.5. The van der Waals surface area contributed by atoms with Crippen LogP contribution in [-0.2, 0) is 0 Å². The van der Waals surface area contributed by atoms with E-state index in [4.69, 9.17) is 0 Å². The Labute approximate surface area is 177 Å². The number of benzene rings is 2. The van der Waals surface area contributed by atoms with E-state index in [0.29, 0.717) is 23.6 Å². The topological polar surface area (TPSA) is 70.2 Å². The zero-order valence-electron chi connectivity index (χ0n) is 15.8. The average molecular weight is 460 g/mol. The van der Waals surface area contributed by atoms with E-state index in [1.165, 1.54) is 11.9 Å². The standard InChI is InChI=1S/C20H22BrN5OS/c1-26(2)13-5-12-22-20(27)18-19(24-17-7-4-3-6-16(17)23-18)25-28-15-10-8-14(21)9-11-15/h3-4,6-11H,5,12-13H2,1-2H3,(H,22,27)(H,24,25). The summed E-state index contributed by atoms with van der Waals surface area (Å²) >= 11 is 4.82. The van der Waals surface area contributed by atoms with Gasteiger partial charge in [-0.15, -0.1) is 0 Å². The fraction of sp³-hybridized carbons (Fsp3) is 0.250. The number of para-hydroxylation sites is 2. The highest BCUT2D eigenvalue weighted by Gasteiger charge is 2.16. The second-order valence-corrected chi connectivity index (χ2v) is 8.28. The van der Waals surface area contributed by atoms with Crippen LogP contribution in [0.15, 0.2) is 57.9 Å². The molecular formula is C20H22BrN5OS. The lowest BCUT2D eigenvalue weighted by Gasteiger charge is -2.12. The van der Waals surface area contributed by atoms with Gasteiger partial charge in [-0.2, -0.15) is 0 Å². The smallest absolute Gasteiger partial charge is 0.273 e. The number of aromatic nitrogens is 2. The van der Waals surface area contributed by atoms with Gasteiger partial charge in [-0.05, 0) is 75.4 Å². The van der Waals surface area contributed by atoms with Crippen molar-refractivity contribution in [3.05, 3.63) is 58.7 Å². The van der Waals surface area contributed by atoms with Crippen molar-refractivity contribution in [2.24, 2.45) is 0 Å². The van der Waals surface area contributed by atoms with Gasteiger partial charge in [0.2, 0.25) is 0 Å². The van der Waals surface area contributed by atoms with Crippen molar-refractivity contribution in [3.8, 4) is 0 Å². The molecule has 0 bridgehead atoms. The molecule has 1 aromatic heterocycles. The minimum Gasteiger partial charge on any atom is -0.351 e. The molecule has 3 rings (SSSR count). The molecule has 3 aromatic rings. The Morgan fingerprint density at radius 2 is 1.75 bits per heavy atom. The molecule has 0 aliphatic rings. The lowest BCUT2D eigenvalue weighted by atomic mass is 10.2. The zero-order valence-corrected chi connectivity index (χ0v) is 18.2. The highest BCUT2D eigenvalue weighted by Crippen LogP contribution is 2.25. The lowest BCUT2D eigenvalue weighted by Crippen LogP contribution is -2.28. The van der Waals surface area contributed by atoms with Gasteiger partial charge in [0.1, 0.15) is 0 Å². The van der Waals surface area contributed by atoms with Gasteiger partial charge >= 0.3 is 0 Å². The molecular weight excluding hydrogens is 438 g/mol. The van der Waals surface area contributed by atoms with Gasteiger partial charge in [-0.1, -0.05) is 28.1 Å². The Hall–Kier alpha value is -2.16. The fourth-order valence-corrected chi connectivity index (χ4v) is 3.41. The number of hydrogen-bond donors (Lipinski definition) is 2. The van der Waals surface area contributed by atoms with E-state index in [2.05, 4.69) is 40.8 Å². The number of hydrogen-bond acceptors (Lipinski definition) is 6. The first kappa shape index (κ1) is 20.6. The van der Waals surface area contributed by atoms with Gasteiger partial charge in [0.25, 0.3) is 5.91 Å². The molecule has 0 spiro atoms. The van der Waals surface area contributed by atoms with Crippen LogP contribution < -0.4 is 10.0 Å². The number of nitrogens with one attached hydrogen (secondary N) is 2. The van der Waals surface area contributed by atoms with Gasteiger partial charge in [-0.3, -0.25) is 4.79 Å². The predicted octanol–water partition coefficient (Wildman–Crippen LogP) is 4.19. The number of carbonyl (C=O) groups excluding carboxylic acids is 1. The molecule has 0 atom stereocenters. The summed E-state index contributed by atoms with van der Waals surface area (Å²) in [6.07, 6.45) is 0.871. The number of halogens is 1. The molecule has 2 aromatic carbocycles. The van der Waals surface area contributed by atoms with E-state index in [0.717, 1.165) is 27.9 Å². The van der Waals surface area contributed by atoms with E-state index >= 15 is 0 Å². The third-order valence-electron chi connectivity index (χ3n) is 3.93. The number of amides is 1. The van der Waals surface area contributed by atoms with Crippen molar-refractivity contribution >= 4 is 50.6 Å². The van der Waals surface area contributed by atoms with Crippen molar-refractivity contribution < 1.29 is 4.79 Å². The molecule has 0 aliphatic carbocycles. The number of fused-ring (bicyclic) bond motifs is 1. The van der Waals surface area contributed by atoms with Crippen LogP contribution in [0, 0.1) is 0 Å². The van der Waals surface area contributed by atoms with Crippen LogP contribution in [0.25, 0.3) is 11.0 Å². The third-order valence-corrected chi connectivity index (χ3v) is 5.26. The molecule has 6 nitrogen and oxygen atoms in total. The van der Waals surface area contributed by atoms with Gasteiger partial charge in [0, 0.05) is 15.9 Å². The van der Waals surface area contributed by atoms with Crippen molar-refractivity contribution in [1.82, 2.24) is 20.2 Å². The summed E-state index contributed by atoms with van der Waals surface area (Å²) in [5, 5.41) is 2.94. The van der Waals surface area contributed by atoms with Crippen molar-refractivity contribution in [1.29, 1.82) is 0 Å². The summed E-state index contributed by atoms with van der Waals surface area (Å²) in [6, 6.07) is 15.4. The second-order valence-electron chi connectivity index (χ2n) is 6.48. The molecule has 0 aliphatic heterocycles. The van der Waals surface area contributed by atoms with E-state index in [-0.39, 0.29) is 5.91 Å². The first-order valence-electron chi connectivity index (χ1n) is 8.91. The SMILES string of the molecule is CN(C)CCCNC(=O)c1nc2ccccc2nc1NSc1ccc(Br)cc1. The lowest BCUT2D eigenvalue weighted by molar-refractivity contribution is 0.0948. The van der Waals surface area contributed by atoms with Gasteiger partial charge in [0.05, 0.1) is 11.0 Å². The van der Waals surface area contributed by atoms with Crippen LogP contribution in [0.4, 0.5) is 5.82 Å². The van der Waals surface area contributed by atoms with Crippen LogP contribution >= 0.6 is 27.9 Å². The number of rotatable bonds is 8. The summed E-state index contributed by atoms with van der Waals surface area (Å²) in [6.45, 7) is 1.50. The maximum atomic E-state index is 12.7. The van der Waals surface area contributed by atoms with Gasteiger partial charge < -0.3 is 14.9 Å². The van der Waals surface area contributed by atoms with Crippen LogP contribution in [0.3, 0.4) is 0 Å². The molecule has 1 amide bonds. The van der Waals surface area contributed by atoms with Gasteiger partial charge in [0.15, 0.2) is 11.5 Å². The predicted molar refractivity (Wildman–Crippen MR) is 119 cm³/mol. The van der Waals surface area contributed by atoms with Crippen LogP contribution in [0.2, 0.25) is 0 Å². The third kappa shape index (κ3) is 5.67. The van der Waals surface area contributed by atoms with E-state index in [1.54, 1.807) is 0 Å². The largest absolute Gasteiger partial charge is 0.351 e. The first-order chi connectivity index (χ1) is 13.5. The highest BCUT2D eigenvalue weighted by molar-refractivity contribution is 9.10. The molecule has 0 saturated heterocycles. The second kappa shape index (κ2) is 9.86. The molecule has 0 saturated carbocycles. The molecule has 28 heavy (non-hydrogen) atoms. The molecule has 0 unspecified atom stereocenters. The summed E-state index contributed by atoms with van der Waals surface area (Å²) in [7, 11) is 4.02. The minimum atomic E-state index is -0.226. The van der Waals surface area contributed by atoms with E-state index in [1.807, 2.05) is 62.6 Å². The van der Waals surface area contributed by atoms with Crippen molar-refractivity contribution in [2.75, 3.05) is 31.9 Å². The number of carbonyl (C=O) groups is 1. The number of nitrogens with zero attached hydrogens (tertiary/aromatic N) is 3. The Balaban J connectivity index is 1.79. The maximum absolute atomic E-state index is 12.7. The minimum absolute atomic E-state index is 0.226. The zero-order chi connectivity index (χ0) is 19.9. The van der Waals surface area contributed by atoms with E-state index in [9.17, 15) is 4.79 Å². The normalized spacial score (nSPS) is 11.0. The van der Waals surface area contributed by atoms with Crippen molar-refractivity contribution in [3.63, 3.8) is 0 Å². The van der Waals surface area contributed by atoms with Gasteiger partial charge in [-0.25, -0.2) is 9.97 Å². The molecule has 1 heterocycles. The molecule has 0 radical (unpaired) electrons. The molecule has 146 valence electrons. The summed E-state index contributed by atoms with van der Waals surface area (Å²) < 4.78 is 4.20. The summed E-state index contributed by atoms with van der Waals surface area (Å²) in [4.78, 5) is 25.0. The van der Waals surface area contributed by atoms with Crippen molar-refractivity contribution in [2.45, 2.75) is 11.3 Å². The monoisotopic (exact) mass is 459 g/mol. The van der Waals surface area contributed by atoms with Crippen LogP contribution in [0.1, 0.15) is 16.9 Å². The average Bonchev–Trinajstić information content (AvgIpc) is 2.69. The maximum Gasteiger partial charge on any atom is 0.273 e. The summed E-state index contributed by atoms with van der Waals surface area (Å²) in [5.74, 6) is 0.229. The highest BCUT2D eigenvalue weighted by atomic mass is 79.9. The quantitative estimate of drug-likeness (QED) is 0.388. The van der Waals surface area contributed by atoms with E-state index < -0.39 is 0 Å². The Bertz CT molecular complexity index is 949. The van der Waals surface area contributed by atoms with Crippen LogP contribution in [-0.4, -0.2) is 48.0 Å². The van der Waals surface area contributed by atoms with Crippen LogP contribution in [0.5, 0.6) is 0 Å². The Morgan fingerprint density at radius 3 is 2.43 bits per heavy atom. The fourth-order valence-electron chi connectivity index (χ4n) is 2.52. The Morgan fingerprint density at radius 1 is 1.07 bits per heavy atom. The summed E-state index contributed by atoms with van der Waals surface area (Å²) in [5.41, 5.74) is 1.74. The molecule has 2 N–H and O–H groups in total. The Kier molecular flexibility index (Phi) is 7.24. The number of anilines is 1. The molecule has 8 heteroatoms. The molecule has 0 fully saturated rings.